The number of esters is 1. The van der Waals surface area contributed by atoms with E-state index in [1.54, 1.807) is 13.8 Å². The summed E-state index contributed by atoms with van der Waals surface area (Å²) < 4.78 is 69.0. The van der Waals surface area contributed by atoms with Crippen LogP contribution in [-0.4, -0.2) is 63.9 Å². The van der Waals surface area contributed by atoms with Gasteiger partial charge in [-0.1, -0.05) is 27.7 Å². The van der Waals surface area contributed by atoms with E-state index in [0.29, 0.717) is 32.6 Å². The van der Waals surface area contributed by atoms with E-state index in [1.807, 2.05) is 13.8 Å². The highest BCUT2D eigenvalue weighted by atomic mass is 32.2. The number of ether oxygens (including phenoxy) is 2. The first-order chi connectivity index (χ1) is 14.1. The lowest BCUT2D eigenvalue weighted by Crippen LogP contribution is -2.57. The monoisotopic (exact) mass is 472 g/mol. The molecule has 0 spiro atoms. The van der Waals surface area contributed by atoms with Crippen molar-refractivity contribution in [1.29, 1.82) is 0 Å². The van der Waals surface area contributed by atoms with Crippen molar-refractivity contribution in [2.45, 2.75) is 101 Å². The van der Waals surface area contributed by atoms with Crippen molar-refractivity contribution >= 4 is 16.1 Å². The molecule has 2 heterocycles. The quantitative estimate of drug-likeness (QED) is 0.327. The van der Waals surface area contributed by atoms with Crippen LogP contribution >= 0.6 is 0 Å². The van der Waals surface area contributed by atoms with Gasteiger partial charge in [0.15, 0.2) is 6.10 Å². The molecule has 2 rings (SSSR count). The van der Waals surface area contributed by atoms with E-state index < -0.39 is 68.6 Å². The van der Waals surface area contributed by atoms with Crippen molar-refractivity contribution in [3.63, 3.8) is 0 Å². The van der Waals surface area contributed by atoms with Crippen LogP contribution in [0.3, 0.4) is 0 Å². The van der Waals surface area contributed by atoms with Gasteiger partial charge in [-0.25, -0.2) is 0 Å². The number of aliphatic hydroxyl groups is 2. The number of alkyl halides is 2. The van der Waals surface area contributed by atoms with Crippen molar-refractivity contribution in [3.8, 4) is 0 Å². The van der Waals surface area contributed by atoms with Crippen LogP contribution in [0.25, 0.3) is 0 Å². The van der Waals surface area contributed by atoms with Crippen LogP contribution in [0.2, 0.25) is 0 Å². The Morgan fingerprint density at radius 2 is 1.52 bits per heavy atom. The molecule has 2 aliphatic rings. The maximum absolute atomic E-state index is 13.8. The largest absolute Gasteiger partial charge is 0.455 e. The van der Waals surface area contributed by atoms with Gasteiger partial charge in [0.1, 0.15) is 0 Å². The fourth-order valence-corrected chi connectivity index (χ4v) is 5.74. The fourth-order valence-electron chi connectivity index (χ4n) is 5.27. The average molecular weight is 473 g/mol. The molecule has 0 aromatic carbocycles. The number of carbonyl (C=O) groups is 1. The molecule has 182 valence electrons. The molecule has 0 aromatic heterocycles. The van der Waals surface area contributed by atoms with Crippen LogP contribution in [0.15, 0.2) is 0 Å². The number of halogens is 2. The van der Waals surface area contributed by atoms with Crippen LogP contribution in [0.4, 0.5) is 8.78 Å². The van der Waals surface area contributed by atoms with Gasteiger partial charge in [0.05, 0.1) is 29.3 Å². The minimum Gasteiger partial charge on any atom is -0.455 e. The Balaban J connectivity index is 2.34. The summed E-state index contributed by atoms with van der Waals surface area (Å²) in [5.74, 6) is -3.19. The predicted octanol–water partition coefficient (Wildman–Crippen LogP) is 2.52. The van der Waals surface area contributed by atoms with Gasteiger partial charge >= 0.3 is 21.3 Å². The molecule has 0 aromatic rings. The standard InChI is InChI=1S/C20H34F2O8S/c1-6-18(24,7-2)14-13-10-12(16(30-13)15(14)19(25,8-3)9-4)17(23)29-11(5)20(21,22)31(26,27)28/h11-16,24-25H,6-10H2,1-5H3,(H,26,27,28). The summed E-state index contributed by atoms with van der Waals surface area (Å²) in [4.78, 5) is 12.7. The molecule has 8 nitrogen and oxygen atoms in total. The lowest BCUT2D eigenvalue weighted by atomic mass is 9.59. The summed E-state index contributed by atoms with van der Waals surface area (Å²) in [6.07, 6.45) is -2.29. The summed E-state index contributed by atoms with van der Waals surface area (Å²) in [6.45, 7) is 7.90. The Kier molecular flexibility index (Phi) is 7.50. The fraction of sp³-hybridized carbons (Fsp3) is 0.950. The lowest BCUT2D eigenvalue weighted by molar-refractivity contribution is -0.172. The van der Waals surface area contributed by atoms with Crippen LogP contribution in [0.1, 0.15) is 66.7 Å². The minimum atomic E-state index is -5.77. The second kappa shape index (κ2) is 8.81. The molecule has 3 N–H and O–H groups in total. The first-order valence-electron chi connectivity index (χ1n) is 10.8. The zero-order chi connectivity index (χ0) is 24.0. The van der Waals surface area contributed by atoms with E-state index in [-0.39, 0.29) is 6.42 Å². The van der Waals surface area contributed by atoms with Gasteiger partial charge in [-0.05, 0) is 39.0 Å². The molecule has 6 atom stereocenters. The van der Waals surface area contributed by atoms with Gasteiger partial charge < -0.3 is 19.7 Å². The van der Waals surface area contributed by atoms with E-state index in [1.165, 1.54) is 0 Å². The third-order valence-corrected chi connectivity index (χ3v) is 8.48. The molecule has 2 saturated heterocycles. The van der Waals surface area contributed by atoms with Crippen LogP contribution in [-0.2, 0) is 24.4 Å². The summed E-state index contributed by atoms with van der Waals surface area (Å²) in [7, 11) is -5.77. The Labute approximate surface area is 182 Å². The van der Waals surface area contributed by atoms with E-state index in [2.05, 4.69) is 0 Å². The summed E-state index contributed by atoms with van der Waals surface area (Å²) in [5, 5.41) is 17.9. The van der Waals surface area contributed by atoms with E-state index in [4.69, 9.17) is 14.0 Å². The molecule has 2 fully saturated rings. The van der Waals surface area contributed by atoms with E-state index in [9.17, 15) is 32.2 Å². The topological polar surface area (TPSA) is 130 Å². The van der Waals surface area contributed by atoms with Gasteiger partial charge in [-0.2, -0.15) is 17.2 Å². The maximum atomic E-state index is 13.8. The second-order valence-corrected chi connectivity index (χ2v) is 10.3. The van der Waals surface area contributed by atoms with Gasteiger partial charge in [0.25, 0.3) is 0 Å². The highest BCUT2D eigenvalue weighted by Crippen LogP contribution is 2.57. The molecule has 2 aliphatic heterocycles. The van der Waals surface area contributed by atoms with Crippen molar-refractivity contribution in [2.24, 2.45) is 17.8 Å². The number of carbonyl (C=O) groups excluding carboxylic acids is 1. The molecule has 0 amide bonds. The van der Waals surface area contributed by atoms with Crippen LogP contribution in [0, 0.1) is 17.8 Å². The molecule has 0 saturated carbocycles. The normalized spacial score (nSPS) is 30.5. The Hall–Kier alpha value is -0.880. The zero-order valence-electron chi connectivity index (χ0n) is 18.5. The zero-order valence-corrected chi connectivity index (χ0v) is 19.4. The molecule has 6 unspecified atom stereocenters. The van der Waals surface area contributed by atoms with Gasteiger partial charge in [-0.3, -0.25) is 9.35 Å². The Morgan fingerprint density at radius 1 is 1.06 bits per heavy atom. The Morgan fingerprint density at radius 3 is 1.94 bits per heavy atom. The number of rotatable bonds is 10. The molecule has 31 heavy (non-hydrogen) atoms. The summed E-state index contributed by atoms with van der Waals surface area (Å²) >= 11 is 0. The third-order valence-electron chi connectivity index (χ3n) is 7.46. The highest BCUT2D eigenvalue weighted by Gasteiger charge is 2.66. The van der Waals surface area contributed by atoms with Crippen molar-refractivity contribution in [1.82, 2.24) is 0 Å². The number of fused-ring (bicyclic) bond motifs is 2. The lowest BCUT2D eigenvalue weighted by Gasteiger charge is -2.48. The maximum Gasteiger partial charge on any atom is 0.405 e. The third kappa shape index (κ3) is 4.36. The summed E-state index contributed by atoms with van der Waals surface area (Å²) in [5.41, 5.74) is -2.39. The van der Waals surface area contributed by atoms with Gasteiger partial charge in [0.2, 0.25) is 0 Å². The first-order valence-corrected chi connectivity index (χ1v) is 12.2. The molecule has 2 bridgehead atoms. The van der Waals surface area contributed by atoms with Crippen molar-refractivity contribution in [2.75, 3.05) is 0 Å². The smallest absolute Gasteiger partial charge is 0.405 e. The predicted molar refractivity (Wildman–Crippen MR) is 107 cm³/mol. The van der Waals surface area contributed by atoms with E-state index in [0.717, 1.165) is 0 Å². The number of hydrogen-bond acceptors (Lipinski definition) is 7. The number of hydrogen-bond donors (Lipinski definition) is 3. The SMILES string of the molecule is CCC(O)(CC)C1C2CC(C(=O)OC(C)C(F)(F)S(=O)(=O)O)C(O2)C1C(O)(CC)CC. The van der Waals surface area contributed by atoms with Gasteiger partial charge in [0, 0.05) is 11.8 Å². The molecule has 0 radical (unpaired) electrons. The van der Waals surface area contributed by atoms with Gasteiger partial charge in [-0.15, -0.1) is 0 Å². The first kappa shape index (κ1) is 26.4. The van der Waals surface area contributed by atoms with Crippen LogP contribution in [0.5, 0.6) is 0 Å². The Bertz CT molecular complexity index is 763. The van der Waals surface area contributed by atoms with Crippen LogP contribution < -0.4 is 0 Å². The van der Waals surface area contributed by atoms with Crippen molar-refractivity contribution < 1.29 is 46.2 Å². The molecule has 11 heteroatoms. The average Bonchev–Trinajstić information content (AvgIpc) is 3.31. The highest BCUT2D eigenvalue weighted by molar-refractivity contribution is 7.86. The van der Waals surface area contributed by atoms with Crippen molar-refractivity contribution in [3.05, 3.63) is 0 Å². The summed E-state index contributed by atoms with van der Waals surface area (Å²) in [6, 6.07) is 0. The molecule has 0 aliphatic carbocycles. The molecular weight excluding hydrogens is 438 g/mol. The minimum absolute atomic E-state index is 0.0979. The van der Waals surface area contributed by atoms with E-state index >= 15 is 0 Å². The molecular formula is C20H34F2O8S. The second-order valence-electron chi connectivity index (χ2n) is 8.77.